The molecule has 0 bridgehead atoms. The molecule has 2 heterocycles. The first-order valence-electron chi connectivity index (χ1n) is 6.18. The van der Waals surface area contributed by atoms with Crippen molar-refractivity contribution in [2.45, 2.75) is 19.8 Å². The van der Waals surface area contributed by atoms with Crippen molar-refractivity contribution in [1.82, 2.24) is 0 Å². The molecular weight excluding hydrogens is 242 g/mol. The summed E-state index contributed by atoms with van der Waals surface area (Å²) in [6.45, 7) is 1.26. The monoisotopic (exact) mass is 257 g/mol. The summed E-state index contributed by atoms with van der Waals surface area (Å²) in [5.74, 6) is 1.58. The molecule has 0 amide bonds. The van der Waals surface area contributed by atoms with Crippen LogP contribution in [0, 0.1) is 0 Å². The second kappa shape index (κ2) is 5.30. The highest BCUT2D eigenvalue weighted by Gasteiger charge is 2.12. The van der Waals surface area contributed by atoms with Crippen molar-refractivity contribution >= 4 is 11.0 Å². The molecule has 2 N–H and O–H groups in total. The Kier molecular flexibility index (Phi) is 3.35. The van der Waals surface area contributed by atoms with E-state index in [1.54, 1.807) is 6.26 Å². The first-order valence-corrected chi connectivity index (χ1v) is 6.18. The van der Waals surface area contributed by atoms with Crippen molar-refractivity contribution in [3.05, 3.63) is 59.7 Å². The molecule has 98 valence electrons. The van der Waals surface area contributed by atoms with Crippen molar-refractivity contribution < 1.29 is 13.6 Å². The van der Waals surface area contributed by atoms with E-state index in [9.17, 15) is 0 Å². The summed E-state index contributed by atoms with van der Waals surface area (Å²) in [4.78, 5) is 0. The van der Waals surface area contributed by atoms with Crippen LogP contribution in [0.5, 0.6) is 0 Å². The highest BCUT2D eigenvalue weighted by Crippen LogP contribution is 2.26. The van der Waals surface area contributed by atoms with Gasteiger partial charge in [0.1, 0.15) is 30.3 Å². The topological polar surface area (TPSA) is 61.5 Å². The van der Waals surface area contributed by atoms with E-state index >= 15 is 0 Å². The van der Waals surface area contributed by atoms with Crippen molar-refractivity contribution in [1.29, 1.82) is 0 Å². The van der Waals surface area contributed by atoms with Crippen LogP contribution in [0.4, 0.5) is 0 Å². The molecule has 4 nitrogen and oxygen atoms in total. The molecule has 0 aliphatic rings. The number of rotatable bonds is 5. The third-order valence-electron chi connectivity index (χ3n) is 3.04. The van der Waals surface area contributed by atoms with E-state index in [1.165, 1.54) is 0 Å². The molecule has 0 saturated heterocycles. The van der Waals surface area contributed by atoms with Gasteiger partial charge in [0.15, 0.2) is 0 Å². The summed E-state index contributed by atoms with van der Waals surface area (Å²) in [6.07, 6.45) is 1.63. The molecule has 0 aliphatic carbocycles. The van der Waals surface area contributed by atoms with Gasteiger partial charge < -0.3 is 19.3 Å². The molecule has 0 aliphatic heterocycles. The van der Waals surface area contributed by atoms with Gasteiger partial charge in [-0.05, 0) is 18.2 Å². The molecule has 0 radical (unpaired) electrons. The summed E-state index contributed by atoms with van der Waals surface area (Å²) in [7, 11) is 0. The van der Waals surface area contributed by atoms with Crippen molar-refractivity contribution in [3.63, 3.8) is 0 Å². The molecule has 3 rings (SSSR count). The molecule has 2 aromatic heterocycles. The Morgan fingerprint density at radius 2 is 1.95 bits per heavy atom. The van der Waals surface area contributed by atoms with Gasteiger partial charge in [-0.2, -0.15) is 0 Å². The zero-order valence-electron chi connectivity index (χ0n) is 10.5. The van der Waals surface area contributed by atoms with Crippen LogP contribution in [0.2, 0.25) is 0 Å². The first kappa shape index (κ1) is 12.0. The summed E-state index contributed by atoms with van der Waals surface area (Å²) < 4.78 is 16.6. The molecule has 4 heteroatoms. The lowest BCUT2D eigenvalue weighted by molar-refractivity contribution is 0.0807. The number of furan rings is 2. The minimum Gasteiger partial charge on any atom is -0.467 e. The maximum Gasteiger partial charge on any atom is 0.135 e. The number of ether oxygens (including phenoxy) is 1. The predicted octanol–water partition coefficient (Wildman–Crippen LogP) is 3.20. The second-order valence-corrected chi connectivity index (χ2v) is 4.28. The Bertz CT molecular complexity index is 655. The fourth-order valence-electron chi connectivity index (χ4n) is 2.13. The fourth-order valence-corrected chi connectivity index (χ4v) is 2.13. The van der Waals surface area contributed by atoms with E-state index in [2.05, 4.69) is 0 Å². The molecule has 0 unspecified atom stereocenters. The Morgan fingerprint density at radius 3 is 2.74 bits per heavy atom. The van der Waals surface area contributed by atoms with Crippen molar-refractivity contribution in [2.75, 3.05) is 0 Å². The van der Waals surface area contributed by atoms with Crippen LogP contribution in [0.3, 0.4) is 0 Å². The maximum absolute atomic E-state index is 5.79. The average Bonchev–Trinajstić information content (AvgIpc) is 3.05. The number of hydrogen-bond donors (Lipinski definition) is 1. The van der Waals surface area contributed by atoms with Gasteiger partial charge in [0.05, 0.1) is 6.26 Å². The first-order chi connectivity index (χ1) is 9.38. The Balaban J connectivity index is 1.76. The van der Waals surface area contributed by atoms with Gasteiger partial charge in [-0.3, -0.25) is 0 Å². The number of para-hydroxylation sites is 1. The van der Waals surface area contributed by atoms with E-state index in [1.807, 2.05) is 36.4 Å². The molecule has 0 spiro atoms. The standard InChI is InChI=1S/C15H15NO3/c16-8-13-12-5-1-2-6-14(12)19-15(13)10-17-9-11-4-3-7-18-11/h1-7H,8-10,16H2. The zero-order chi connectivity index (χ0) is 13.1. The van der Waals surface area contributed by atoms with Gasteiger partial charge in [-0.15, -0.1) is 0 Å². The van der Waals surface area contributed by atoms with Crippen LogP contribution in [0.1, 0.15) is 17.1 Å². The van der Waals surface area contributed by atoms with Gasteiger partial charge in [0.2, 0.25) is 0 Å². The summed E-state index contributed by atoms with van der Waals surface area (Å²) in [5.41, 5.74) is 7.65. The van der Waals surface area contributed by atoms with Crippen LogP contribution >= 0.6 is 0 Å². The highest BCUT2D eigenvalue weighted by atomic mass is 16.5. The van der Waals surface area contributed by atoms with Crippen LogP contribution in [-0.4, -0.2) is 0 Å². The second-order valence-electron chi connectivity index (χ2n) is 4.28. The van der Waals surface area contributed by atoms with Crippen molar-refractivity contribution in [3.8, 4) is 0 Å². The Hall–Kier alpha value is -2.04. The normalized spacial score (nSPS) is 11.2. The number of fused-ring (bicyclic) bond motifs is 1. The zero-order valence-corrected chi connectivity index (χ0v) is 10.5. The fraction of sp³-hybridized carbons (Fsp3) is 0.200. The summed E-state index contributed by atoms with van der Waals surface area (Å²) >= 11 is 0. The van der Waals surface area contributed by atoms with E-state index in [-0.39, 0.29) is 0 Å². The molecule has 0 atom stereocenters. The van der Waals surface area contributed by atoms with Crippen LogP contribution < -0.4 is 5.73 Å². The molecule has 19 heavy (non-hydrogen) atoms. The minimum absolute atomic E-state index is 0.391. The Morgan fingerprint density at radius 1 is 1.05 bits per heavy atom. The third-order valence-corrected chi connectivity index (χ3v) is 3.04. The van der Waals surface area contributed by atoms with E-state index in [0.717, 1.165) is 28.1 Å². The minimum atomic E-state index is 0.391. The molecule has 0 saturated carbocycles. The molecule has 1 aromatic carbocycles. The lowest BCUT2D eigenvalue weighted by Crippen LogP contribution is -2.01. The number of hydrogen-bond acceptors (Lipinski definition) is 4. The van der Waals surface area contributed by atoms with E-state index < -0.39 is 0 Å². The highest BCUT2D eigenvalue weighted by molar-refractivity contribution is 5.82. The van der Waals surface area contributed by atoms with Crippen molar-refractivity contribution in [2.24, 2.45) is 5.73 Å². The number of nitrogens with two attached hydrogens (primary N) is 1. The average molecular weight is 257 g/mol. The van der Waals surface area contributed by atoms with E-state index in [0.29, 0.717) is 19.8 Å². The van der Waals surface area contributed by atoms with Gasteiger partial charge in [-0.1, -0.05) is 18.2 Å². The van der Waals surface area contributed by atoms with E-state index in [4.69, 9.17) is 19.3 Å². The maximum atomic E-state index is 5.79. The lowest BCUT2D eigenvalue weighted by Gasteiger charge is -2.01. The SMILES string of the molecule is NCc1c(COCc2ccco2)oc2ccccc12. The van der Waals surface area contributed by atoms with Gasteiger partial charge >= 0.3 is 0 Å². The van der Waals surface area contributed by atoms with Crippen LogP contribution in [-0.2, 0) is 24.5 Å². The van der Waals surface area contributed by atoms with Crippen LogP contribution in [0.15, 0.2) is 51.5 Å². The summed E-state index contributed by atoms with van der Waals surface area (Å²) in [5, 5.41) is 1.06. The molecule has 0 fully saturated rings. The van der Waals surface area contributed by atoms with Gasteiger partial charge in [-0.25, -0.2) is 0 Å². The summed E-state index contributed by atoms with van der Waals surface area (Å²) in [6, 6.07) is 11.6. The van der Waals surface area contributed by atoms with Gasteiger partial charge in [0.25, 0.3) is 0 Å². The quantitative estimate of drug-likeness (QED) is 0.762. The molecular formula is C15H15NO3. The van der Waals surface area contributed by atoms with Crippen LogP contribution in [0.25, 0.3) is 11.0 Å². The number of benzene rings is 1. The third kappa shape index (κ3) is 2.41. The smallest absolute Gasteiger partial charge is 0.135 e. The molecule has 3 aromatic rings. The largest absolute Gasteiger partial charge is 0.467 e. The predicted molar refractivity (Wildman–Crippen MR) is 71.3 cm³/mol. The lowest BCUT2D eigenvalue weighted by atomic mass is 10.1. The Labute approximate surface area is 110 Å². The van der Waals surface area contributed by atoms with Gasteiger partial charge in [0, 0.05) is 17.5 Å².